The zero-order valence-electron chi connectivity index (χ0n) is 23.2. The van der Waals surface area contributed by atoms with Gasteiger partial charge >= 0.3 is 6.03 Å². The monoisotopic (exact) mass is 584 g/mol. The number of rotatable bonds is 24. The van der Waals surface area contributed by atoms with Crippen LogP contribution < -0.4 is 21.3 Å². The molecule has 0 bridgehead atoms. The minimum absolute atomic E-state index is 0.0293. The van der Waals surface area contributed by atoms with E-state index in [1.54, 1.807) is 28.5 Å². The first-order chi connectivity index (χ1) is 19.2. The maximum absolute atomic E-state index is 12.1. The molecule has 0 aliphatic heterocycles. The molecule has 220 valence electrons. The molecule has 0 radical (unpaired) electrons. The summed E-state index contributed by atoms with van der Waals surface area (Å²) in [6.45, 7) is 7.90. The summed E-state index contributed by atoms with van der Waals surface area (Å²) in [5.74, 6) is 6.06. The highest BCUT2D eigenvalue weighted by molar-refractivity contribution is 8.76. The predicted molar refractivity (Wildman–Crippen MR) is 158 cm³/mol. The average Bonchev–Trinajstić information content (AvgIpc) is 2.93. The third kappa shape index (κ3) is 22.5. The van der Waals surface area contributed by atoms with Gasteiger partial charge in [0.25, 0.3) is 0 Å². The number of nitrogens with one attached hydrogen (secondary N) is 4. The number of unbranched alkanes of at least 4 members (excludes halogenated alkanes) is 1. The molecule has 1 aromatic rings. The van der Waals surface area contributed by atoms with Crippen LogP contribution in [0.5, 0.6) is 0 Å². The summed E-state index contributed by atoms with van der Waals surface area (Å²) in [7, 11) is 5.15. The average molecular weight is 585 g/mol. The molecule has 0 unspecified atom stereocenters. The van der Waals surface area contributed by atoms with Crippen LogP contribution in [-0.2, 0) is 30.2 Å². The molecule has 0 spiro atoms. The number of hydrogen-bond acceptors (Lipinski definition) is 9. The van der Waals surface area contributed by atoms with E-state index in [9.17, 15) is 9.59 Å². The van der Waals surface area contributed by atoms with Crippen LogP contribution in [0, 0.1) is 11.8 Å². The normalized spacial score (nSPS) is 10.5. The van der Waals surface area contributed by atoms with Crippen molar-refractivity contribution >= 4 is 33.5 Å². The van der Waals surface area contributed by atoms with Gasteiger partial charge in [0.2, 0.25) is 5.91 Å². The Balaban J connectivity index is 1.95. The summed E-state index contributed by atoms with van der Waals surface area (Å²) in [4.78, 5) is 24.7. The number of hydrogen-bond donors (Lipinski definition) is 4. The molecule has 39 heavy (non-hydrogen) atoms. The van der Waals surface area contributed by atoms with Gasteiger partial charge in [-0.1, -0.05) is 39.6 Å². The number of urea groups is 1. The maximum Gasteiger partial charge on any atom is 0.315 e. The lowest BCUT2D eigenvalue weighted by atomic mass is 10.1. The van der Waals surface area contributed by atoms with Gasteiger partial charge in [-0.3, -0.25) is 4.79 Å². The largest absolute Gasteiger partial charge is 0.378 e. The van der Waals surface area contributed by atoms with Crippen LogP contribution in [0.1, 0.15) is 25.3 Å². The zero-order chi connectivity index (χ0) is 28.2. The third-order valence-corrected chi connectivity index (χ3v) is 6.96. The molecule has 3 amide bonds. The predicted octanol–water partition coefficient (Wildman–Crippen LogP) is 2.43. The zero-order valence-corrected chi connectivity index (χ0v) is 24.8. The Bertz CT molecular complexity index is 821. The summed E-state index contributed by atoms with van der Waals surface area (Å²) in [6.07, 6.45) is 2.07. The van der Waals surface area contributed by atoms with Gasteiger partial charge in [-0.25, -0.2) is 4.79 Å². The molecule has 1 rings (SSSR count). The van der Waals surface area contributed by atoms with Crippen molar-refractivity contribution in [2.24, 2.45) is 0 Å². The maximum atomic E-state index is 12.1. The van der Waals surface area contributed by atoms with Crippen molar-refractivity contribution in [3.8, 4) is 11.8 Å². The van der Waals surface area contributed by atoms with Crippen molar-refractivity contribution in [1.82, 2.24) is 21.3 Å². The Morgan fingerprint density at radius 3 is 2.18 bits per heavy atom. The number of ether oxygens (including phenoxy) is 4. The van der Waals surface area contributed by atoms with E-state index in [1.165, 1.54) is 0 Å². The Morgan fingerprint density at radius 2 is 1.49 bits per heavy atom. The molecule has 4 N–H and O–H groups in total. The summed E-state index contributed by atoms with van der Waals surface area (Å²) >= 11 is 0. The second-order valence-corrected chi connectivity index (χ2v) is 10.4. The van der Waals surface area contributed by atoms with Crippen molar-refractivity contribution in [2.75, 3.05) is 85.4 Å². The first-order valence-electron chi connectivity index (χ1n) is 13.2. The number of benzene rings is 1. The summed E-state index contributed by atoms with van der Waals surface area (Å²) in [5.41, 5.74) is 0.963. The van der Waals surface area contributed by atoms with Crippen molar-refractivity contribution in [3.05, 3.63) is 29.8 Å². The number of carbonyl (C=O) groups is 2. The smallest absolute Gasteiger partial charge is 0.315 e. The van der Waals surface area contributed by atoms with Crippen LogP contribution in [0.15, 0.2) is 29.2 Å². The van der Waals surface area contributed by atoms with Gasteiger partial charge in [0.1, 0.15) is 5.94 Å². The highest BCUT2D eigenvalue weighted by Crippen LogP contribution is 2.31. The first-order valence-corrected chi connectivity index (χ1v) is 15.5. The van der Waals surface area contributed by atoms with Gasteiger partial charge < -0.3 is 40.2 Å². The van der Waals surface area contributed by atoms with Crippen molar-refractivity contribution in [2.45, 2.75) is 31.1 Å². The number of amides is 3. The molecule has 0 aliphatic carbocycles. The lowest BCUT2D eigenvalue weighted by molar-refractivity contribution is -0.120. The lowest BCUT2D eigenvalue weighted by Crippen LogP contribution is -2.36. The molecule has 10 nitrogen and oxygen atoms in total. The van der Waals surface area contributed by atoms with E-state index >= 15 is 0 Å². The van der Waals surface area contributed by atoms with Crippen LogP contribution >= 0.6 is 21.6 Å². The second-order valence-electron chi connectivity index (χ2n) is 8.08. The minimum Gasteiger partial charge on any atom is -0.378 e. The molecule has 0 saturated carbocycles. The highest BCUT2D eigenvalue weighted by Gasteiger charge is 2.04. The van der Waals surface area contributed by atoms with E-state index in [4.69, 9.17) is 18.9 Å². The van der Waals surface area contributed by atoms with Crippen LogP contribution in [0.2, 0.25) is 0 Å². The van der Waals surface area contributed by atoms with Gasteiger partial charge in [-0.05, 0) is 44.5 Å². The molecule has 1 aromatic carbocycles. The van der Waals surface area contributed by atoms with Crippen LogP contribution in [0.25, 0.3) is 0 Å². The molecule has 0 heterocycles. The summed E-state index contributed by atoms with van der Waals surface area (Å²) in [6, 6.07) is 7.77. The quantitative estimate of drug-likeness (QED) is 0.0629. The molecule has 12 heteroatoms. The van der Waals surface area contributed by atoms with Crippen LogP contribution in [-0.4, -0.2) is 97.4 Å². The topological polar surface area (TPSA) is 119 Å². The van der Waals surface area contributed by atoms with E-state index in [0.717, 1.165) is 29.8 Å². The van der Waals surface area contributed by atoms with E-state index < -0.39 is 0 Å². The van der Waals surface area contributed by atoms with Crippen LogP contribution in [0.3, 0.4) is 0 Å². The SMILES string of the molecule is CC#CCNC(=O)NCCCCOCSSc1ccc(CC(=O)NCCOCCOCCOCCNC)cc1. The van der Waals surface area contributed by atoms with Gasteiger partial charge in [-0.2, -0.15) is 0 Å². The van der Waals surface area contributed by atoms with Gasteiger partial charge in [-0.15, -0.1) is 5.92 Å². The van der Waals surface area contributed by atoms with Crippen LogP contribution in [0.4, 0.5) is 4.79 Å². The molecule has 0 atom stereocenters. The molecular weight excluding hydrogens is 540 g/mol. The van der Waals surface area contributed by atoms with Gasteiger partial charge in [0.15, 0.2) is 0 Å². The summed E-state index contributed by atoms with van der Waals surface area (Å²) in [5, 5.41) is 11.3. The Hall–Kier alpha value is -1.98. The number of likely N-dealkylation sites (N-methyl/N-ethyl adjacent to an activating group) is 1. The summed E-state index contributed by atoms with van der Waals surface area (Å²) < 4.78 is 21.9. The fourth-order valence-corrected chi connectivity index (χ4v) is 4.59. The third-order valence-electron chi connectivity index (χ3n) is 4.90. The van der Waals surface area contributed by atoms with Crippen molar-refractivity contribution in [3.63, 3.8) is 0 Å². The molecule has 0 saturated heterocycles. The van der Waals surface area contributed by atoms with E-state index in [-0.39, 0.29) is 11.9 Å². The minimum atomic E-state index is -0.196. The van der Waals surface area contributed by atoms with Gasteiger partial charge in [0, 0.05) is 31.1 Å². The standard InChI is InChI=1S/C27H44N4O6S2/c1-3-4-11-30-27(33)31-12-5-6-15-37-23-38-39-25-9-7-24(8-10-25)22-26(32)29-14-17-35-19-21-36-20-18-34-16-13-28-2/h7-10,28H,5-6,11-23H2,1-2H3,(H,29,32)(H2,30,31,33). The van der Waals surface area contributed by atoms with Crippen molar-refractivity contribution < 1.29 is 28.5 Å². The Kier molecular flexibility index (Phi) is 23.6. The lowest BCUT2D eigenvalue weighted by Gasteiger charge is -2.08. The highest BCUT2D eigenvalue weighted by atomic mass is 33.1. The van der Waals surface area contributed by atoms with E-state index in [1.807, 2.05) is 31.3 Å². The van der Waals surface area contributed by atoms with Crippen molar-refractivity contribution in [1.29, 1.82) is 0 Å². The fourth-order valence-electron chi connectivity index (χ4n) is 2.88. The molecule has 0 fully saturated rings. The molecular formula is C27H44N4O6S2. The van der Waals surface area contributed by atoms with Gasteiger partial charge in [0.05, 0.1) is 52.6 Å². The Labute approximate surface area is 241 Å². The second kappa shape index (κ2) is 26.3. The van der Waals surface area contributed by atoms with E-state index in [0.29, 0.717) is 78.2 Å². The molecule has 0 aliphatic rings. The Morgan fingerprint density at radius 1 is 0.795 bits per heavy atom. The number of carbonyl (C=O) groups excluding carboxylic acids is 2. The van der Waals surface area contributed by atoms with E-state index in [2.05, 4.69) is 33.1 Å². The first kappa shape index (κ1) is 35.0. The fraction of sp³-hybridized carbons (Fsp3) is 0.630. The molecule has 0 aromatic heterocycles.